The summed E-state index contributed by atoms with van der Waals surface area (Å²) in [4.78, 5) is 0. The van der Waals surface area contributed by atoms with Gasteiger partial charge in [-0.05, 0) is 12.8 Å². The highest BCUT2D eigenvalue weighted by Gasteiger charge is 2.17. The van der Waals surface area contributed by atoms with Gasteiger partial charge in [0.15, 0.2) is 0 Å². The normalized spacial score (nSPS) is 16.8. The molecule has 0 saturated heterocycles. The Morgan fingerprint density at radius 3 is 2.07 bits per heavy atom. The summed E-state index contributed by atoms with van der Waals surface area (Å²) in [6.07, 6.45) is 0. The minimum absolute atomic E-state index is 0.223. The van der Waals surface area contributed by atoms with Crippen molar-refractivity contribution in [1.29, 1.82) is 0 Å². The van der Waals surface area contributed by atoms with Crippen LogP contribution in [0.15, 0.2) is 0 Å². The summed E-state index contributed by atoms with van der Waals surface area (Å²) in [7, 11) is 0. The maximum absolute atomic E-state index is 9.20. The van der Waals surface area contributed by atoms with E-state index >= 15 is 0 Å². The lowest BCUT2D eigenvalue weighted by Crippen LogP contribution is -2.43. The van der Waals surface area contributed by atoms with E-state index in [2.05, 4.69) is 46.9 Å². The molecule has 2 nitrogen and oxygen atoms in total. The molecule has 0 aliphatic rings. The van der Waals surface area contributed by atoms with Gasteiger partial charge in [0, 0.05) is 22.6 Å². The fourth-order valence-electron chi connectivity index (χ4n) is 1.24. The molecule has 0 aromatic rings. The molecule has 0 heterocycles. The number of rotatable bonds is 6. The molecule has 0 fully saturated rings. The second-order valence-electron chi connectivity index (χ2n) is 5.52. The van der Waals surface area contributed by atoms with Gasteiger partial charge in [-0.3, -0.25) is 0 Å². The van der Waals surface area contributed by atoms with Gasteiger partial charge >= 0.3 is 0 Å². The lowest BCUT2D eigenvalue weighted by molar-refractivity contribution is 0.204. The molecular weight excluding hydrogens is 206 g/mol. The number of aliphatic hydroxyl groups is 1. The number of hydrogen-bond donors (Lipinski definition) is 2. The van der Waals surface area contributed by atoms with E-state index in [-0.39, 0.29) is 12.6 Å². The number of hydrogen-bond acceptors (Lipinski definition) is 3. The maximum atomic E-state index is 9.20. The van der Waals surface area contributed by atoms with Gasteiger partial charge < -0.3 is 10.4 Å². The molecule has 0 aliphatic carbocycles. The van der Waals surface area contributed by atoms with Gasteiger partial charge in [-0.2, -0.15) is 11.8 Å². The van der Waals surface area contributed by atoms with Crippen LogP contribution in [0.4, 0.5) is 0 Å². The van der Waals surface area contributed by atoms with E-state index in [1.54, 1.807) is 0 Å². The van der Waals surface area contributed by atoms with E-state index in [0.29, 0.717) is 16.7 Å². The number of nitrogens with one attached hydrogen (secondary N) is 1. The Morgan fingerprint density at radius 2 is 1.73 bits per heavy atom. The Kier molecular flexibility index (Phi) is 6.89. The molecule has 0 radical (unpaired) electrons. The molecule has 15 heavy (non-hydrogen) atoms. The van der Waals surface area contributed by atoms with E-state index in [0.717, 1.165) is 5.75 Å². The van der Waals surface area contributed by atoms with Crippen LogP contribution >= 0.6 is 11.8 Å². The highest BCUT2D eigenvalue weighted by atomic mass is 32.2. The largest absolute Gasteiger partial charge is 0.395 e. The quantitative estimate of drug-likeness (QED) is 0.739. The third-order valence-corrected chi connectivity index (χ3v) is 3.80. The first-order chi connectivity index (χ1) is 6.76. The Labute approximate surface area is 99.2 Å². The van der Waals surface area contributed by atoms with Crippen LogP contribution < -0.4 is 5.32 Å². The third-order valence-electron chi connectivity index (χ3n) is 2.27. The standard InChI is InChI=1S/C12H27NOS/c1-9(2)11(7-14)13-10(3)8-15-12(4,5)6/h9-11,13-14H,7-8H2,1-6H3/t10?,11-/m1/s1. The molecule has 0 bridgehead atoms. The van der Waals surface area contributed by atoms with E-state index in [9.17, 15) is 5.11 Å². The molecule has 0 saturated carbocycles. The molecule has 0 rings (SSSR count). The topological polar surface area (TPSA) is 32.3 Å². The van der Waals surface area contributed by atoms with E-state index < -0.39 is 0 Å². The highest BCUT2D eigenvalue weighted by molar-refractivity contribution is 8.00. The van der Waals surface area contributed by atoms with Crippen LogP contribution in [0.2, 0.25) is 0 Å². The molecule has 0 aliphatic heterocycles. The molecule has 92 valence electrons. The monoisotopic (exact) mass is 233 g/mol. The molecular formula is C12H27NOS. The fraction of sp³-hybridized carbons (Fsp3) is 1.00. The van der Waals surface area contributed by atoms with Gasteiger partial charge in [0.2, 0.25) is 0 Å². The molecule has 3 heteroatoms. The molecule has 2 atom stereocenters. The Bertz CT molecular complexity index is 165. The zero-order chi connectivity index (χ0) is 12.1. The second-order valence-corrected chi connectivity index (χ2v) is 7.37. The van der Waals surface area contributed by atoms with Crippen molar-refractivity contribution < 1.29 is 5.11 Å². The summed E-state index contributed by atoms with van der Waals surface area (Å²) in [5, 5.41) is 12.7. The van der Waals surface area contributed by atoms with Crippen molar-refractivity contribution in [3.05, 3.63) is 0 Å². The zero-order valence-electron chi connectivity index (χ0n) is 11.0. The predicted molar refractivity (Wildman–Crippen MR) is 70.5 cm³/mol. The second kappa shape index (κ2) is 6.77. The summed E-state index contributed by atoms with van der Waals surface area (Å²) in [6, 6.07) is 0.675. The third kappa shape index (κ3) is 8.12. The Hall–Kier alpha value is 0.270. The molecule has 2 N–H and O–H groups in total. The number of aliphatic hydroxyl groups excluding tert-OH is 1. The summed E-state index contributed by atoms with van der Waals surface area (Å²) >= 11 is 1.96. The van der Waals surface area contributed by atoms with Gasteiger partial charge in [0.05, 0.1) is 6.61 Å². The first-order valence-corrected chi connectivity index (χ1v) is 6.75. The van der Waals surface area contributed by atoms with Crippen molar-refractivity contribution in [2.75, 3.05) is 12.4 Å². The van der Waals surface area contributed by atoms with Crippen LogP contribution in [0, 0.1) is 5.92 Å². The van der Waals surface area contributed by atoms with Crippen LogP contribution in [0.3, 0.4) is 0 Å². The van der Waals surface area contributed by atoms with Crippen molar-refractivity contribution in [2.24, 2.45) is 5.92 Å². The summed E-state index contributed by atoms with van der Waals surface area (Å²) in [5.41, 5.74) is 0. The van der Waals surface area contributed by atoms with Gasteiger partial charge in [-0.15, -0.1) is 0 Å². The average molecular weight is 233 g/mol. The van der Waals surface area contributed by atoms with Crippen LogP contribution in [-0.2, 0) is 0 Å². The van der Waals surface area contributed by atoms with Crippen molar-refractivity contribution in [2.45, 2.75) is 58.4 Å². The smallest absolute Gasteiger partial charge is 0.0587 e. The van der Waals surface area contributed by atoms with Crippen molar-refractivity contribution >= 4 is 11.8 Å². The highest BCUT2D eigenvalue weighted by Crippen LogP contribution is 2.23. The SMILES string of the molecule is CC(CSC(C)(C)C)N[C@H](CO)C(C)C. The average Bonchev–Trinajstić information content (AvgIpc) is 2.09. The lowest BCUT2D eigenvalue weighted by atomic mass is 10.0. The predicted octanol–water partition coefficient (Wildman–Crippen LogP) is 2.51. The van der Waals surface area contributed by atoms with Crippen LogP contribution in [0.5, 0.6) is 0 Å². The minimum Gasteiger partial charge on any atom is -0.395 e. The summed E-state index contributed by atoms with van der Waals surface area (Å²) in [5.74, 6) is 1.57. The first kappa shape index (κ1) is 15.3. The Morgan fingerprint density at radius 1 is 1.20 bits per heavy atom. The summed E-state index contributed by atoms with van der Waals surface area (Å²) < 4.78 is 0.322. The van der Waals surface area contributed by atoms with Crippen molar-refractivity contribution in [1.82, 2.24) is 5.32 Å². The van der Waals surface area contributed by atoms with E-state index in [1.807, 2.05) is 11.8 Å². The van der Waals surface area contributed by atoms with Crippen molar-refractivity contribution in [3.63, 3.8) is 0 Å². The summed E-state index contributed by atoms with van der Waals surface area (Å²) in [6.45, 7) is 13.4. The van der Waals surface area contributed by atoms with Gasteiger partial charge in [-0.25, -0.2) is 0 Å². The van der Waals surface area contributed by atoms with Crippen LogP contribution in [0.1, 0.15) is 41.5 Å². The van der Waals surface area contributed by atoms with Crippen LogP contribution in [-0.4, -0.2) is 34.3 Å². The maximum Gasteiger partial charge on any atom is 0.0587 e. The van der Waals surface area contributed by atoms with E-state index in [1.165, 1.54) is 0 Å². The molecule has 0 aromatic carbocycles. The Balaban J connectivity index is 3.86. The van der Waals surface area contributed by atoms with Crippen LogP contribution in [0.25, 0.3) is 0 Å². The zero-order valence-corrected chi connectivity index (χ0v) is 11.8. The lowest BCUT2D eigenvalue weighted by Gasteiger charge is -2.26. The minimum atomic E-state index is 0.223. The van der Waals surface area contributed by atoms with Gasteiger partial charge in [0.25, 0.3) is 0 Å². The molecule has 0 spiro atoms. The molecule has 1 unspecified atom stereocenters. The molecule has 0 aromatic heterocycles. The van der Waals surface area contributed by atoms with Gasteiger partial charge in [0.1, 0.15) is 0 Å². The van der Waals surface area contributed by atoms with Crippen molar-refractivity contribution in [3.8, 4) is 0 Å². The fourth-order valence-corrected chi connectivity index (χ4v) is 2.09. The molecule has 0 amide bonds. The van der Waals surface area contributed by atoms with E-state index in [4.69, 9.17) is 0 Å². The first-order valence-electron chi connectivity index (χ1n) is 5.77. The number of thioether (sulfide) groups is 1. The van der Waals surface area contributed by atoms with Gasteiger partial charge in [-0.1, -0.05) is 34.6 Å².